The van der Waals surface area contributed by atoms with E-state index in [1.165, 1.54) is 4.90 Å². The van der Waals surface area contributed by atoms with Crippen LogP contribution >= 0.6 is 0 Å². The second kappa shape index (κ2) is 8.38. The second-order valence-electron chi connectivity index (χ2n) is 10.6. The van der Waals surface area contributed by atoms with Crippen LogP contribution in [0.2, 0.25) is 0 Å². The number of likely N-dealkylation sites (tertiary alicyclic amines) is 1. The van der Waals surface area contributed by atoms with Crippen LogP contribution in [-0.4, -0.2) is 52.8 Å². The summed E-state index contributed by atoms with van der Waals surface area (Å²) in [4.78, 5) is 42.2. The van der Waals surface area contributed by atoms with Gasteiger partial charge in [0.05, 0.1) is 6.67 Å². The molecule has 1 aliphatic carbocycles. The number of imide groups is 1. The summed E-state index contributed by atoms with van der Waals surface area (Å²) >= 11 is 0. The Labute approximate surface area is 185 Å². The number of hydrogen-bond donors (Lipinski definition) is 1. The molecule has 2 aliphatic heterocycles. The molecule has 2 heterocycles. The van der Waals surface area contributed by atoms with E-state index < -0.39 is 5.54 Å². The number of piperidine rings is 1. The van der Waals surface area contributed by atoms with Crippen molar-refractivity contribution in [3.05, 3.63) is 35.9 Å². The predicted octanol–water partition coefficient (Wildman–Crippen LogP) is 4.07. The van der Waals surface area contributed by atoms with E-state index in [2.05, 4.69) is 31.0 Å². The molecule has 0 bridgehead atoms. The number of nitrogens with zero attached hydrogens (tertiary/aromatic N) is 2. The lowest BCUT2D eigenvalue weighted by Gasteiger charge is -2.40. The number of benzene rings is 1. The number of nitrogens with one attached hydrogen (secondary N) is 1. The van der Waals surface area contributed by atoms with Gasteiger partial charge in [-0.2, -0.15) is 0 Å². The van der Waals surface area contributed by atoms with Gasteiger partial charge in [0.15, 0.2) is 5.78 Å². The molecule has 1 spiro atoms. The molecule has 1 N–H and O–H groups in total. The maximum absolute atomic E-state index is 13.2. The Morgan fingerprint density at radius 2 is 1.65 bits per heavy atom. The van der Waals surface area contributed by atoms with E-state index in [9.17, 15) is 14.4 Å². The zero-order valence-electron chi connectivity index (χ0n) is 19.0. The Morgan fingerprint density at radius 3 is 2.23 bits per heavy atom. The first-order chi connectivity index (χ1) is 14.7. The number of hydrogen-bond acceptors (Lipinski definition) is 4. The molecule has 3 aliphatic rings. The van der Waals surface area contributed by atoms with Crippen LogP contribution in [0.15, 0.2) is 30.3 Å². The lowest BCUT2D eigenvalue weighted by atomic mass is 9.67. The van der Waals surface area contributed by atoms with E-state index >= 15 is 0 Å². The van der Waals surface area contributed by atoms with Crippen LogP contribution in [0, 0.1) is 17.3 Å². The number of ketones is 1. The molecule has 3 amide bonds. The van der Waals surface area contributed by atoms with Gasteiger partial charge in [0.25, 0.3) is 5.91 Å². The molecule has 0 unspecified atom stereocenters. The molecule has 0 radical (unpaired) electrons. The van der Waals surface area contributed by atoms with Gasteiger partial charge >= 0.3 is 6.03 Å². The van der Waals surface area contributed by atoms with Gasteiger partial charge in [0.2, 0.25) is 0 Å². The van der Waals surface area contributed by atoms with Gasteiger partial charge in [-0.15, -0.1) is 0 Å². The Hall–Kier alpha value is -2.21. The molecule has 1 aromatic carbocycles. The van der Waals surface area contributed by atoms with E-state index in [1.807, 2.05) is 30.3 Å². The van der Waals surface area contributed by atoms with Crippen molar-refractivity contribution in [3.8, 4) is 0 Å². The molecule has 168 valence electrons. The minimum atomic E-state index is -0.708. The molecule has 1 aromatic rings. The van der Waals surface area contributed by atoms with Gasteiger partial charge in [0, 0.05) is 24.6 Å². The van der Waals surface area contributed by atoms with Crippen LogP contribution < -0.4 is 5.32 Å². The van der Waals surface area contributed by atoms with E-state index in [-0.39, 0.29) is 29.1 Å². The minimum absolute atomic E-state index is 0.0146. The fourth-order valence-electron chi connectivity index (χ4n) is 5.49. The lowest BCUT2D eigenvalue weighted by molar-refractivity contribution is -0.134. The first-order valence-electron chi connectivity index (χ1n) is 11.7. The Kier molecular flexibility index (Phi) is 5.95. The van der Waals surface area contributed by atoms with E-state index in [4.69, 9.17) is 0 Å². The van der Waals surface area contributed by atoms with E-state index in [0.29, 0.717) is 12.6 Å². The largest absolute Gasteiger partial charge is 0.326 e. The number of carbonyl (C=O) groups excluding carboxylic acids is 3. The summed E-state index contributed by atoms with van der Waals surface area (Å²) in [5.74, 6) is 0.732. The van der Waals surface area contributed by atoms with Gasteiger partial charge in [-0.25, -0.2) is 9.69 Å². The molecule has 3 fully saturated rings. The van der Waals surface area contributed by atoms with Gasteiger partial charge in [-0.3, -0.25) is 14.5 Å². The summed E-state index contributed by atoms with van der Waals surface area (Å²) in [6, 6.07) is 9.18. The standard InChI is InChI=1S/C25H35N3O3/c1-24(2,3)20-9-13-25(14-10-20)22(30)28(23(31)26-25)17-27-15-11-19(12-16-27)21(29)18-7-5-4-6-8-18/h4-8,19-20H,9-17H2,1-3H3,(H,26,31). The first kappa shape index (κ1) is 22.0. The summed E-state index contributed by atoms with van der Waals surface area (Å²) < 4.78 is 0. The summed E-state index contributed by atoms with van der Waals surface area (Å²) in [6.07, 6.45) is 4.91. The third-order valence-corrected chi connectivity index (χ3v) is 7.67. The zero-order chi connectivity index (χ0) is 22.2. The highest BCUT2D eigenvalue weighted by Gasteiger charge is 2.53. The first-order valence-corrected chi connectivity index (χ1v) is 11.7. The molecule has 2 saturated heterocycles. The molecule has 6 nitrogen and oxygen atoms in total. The summed E-state index contributed by atoms with van der Waals surface area (Å²) in [5.41, 5.74) is 0.289. The highest BCUT2D eigenvalue weighted by Crippen LogP contribution is 2.43. The monoisotopic (exact) mass is 425 g/mol. The molecular formula is C25H35N3O3. The Balaban J connectivity index is 1.32. The van der Waals surface area contributed by atoms with Gasteiger partial charge in [0.1, 0.15) is 5.54 Å². The lowest BCUT2D eigenvalue weighted by Crippen LogP contribution is -2.51. The van der Waals surface area contributed by atoms with Crippen LogP contribution in [-0.2, 0) is 4.79 Å². The summed E-state index contributed by atoms with van der Waals surface area (Å²) in [5, 5.41) is 3.04. The fraction of sp³-hybridized carbons (Fsp3) is 0.640. The smallest absolute Gasteiger partial charge is 0.323 e. The average molecular weight is 426 g/mol. The van der Waals surface area contributed by atoms with Crippen LogP contribution in [0.5, 0.6) is 0 Å². The van der Waals surface area contributed by atoms with Gasteiger partial charge in [-0.1, -0.05) is 51.1 Å². The third-order valence-electron chi connectivity index (χ3n) is 7.67. The maximum atomic E-state index is 13.2. The molecule has 1 saturated carbocycles. The maximum Gasteiger partial charge on any atom is 0.326 e. The third kappa shape index (κ3) is 4.40. The van der Waals surface area contributed by atoms with Crippen molar-refractivity contribution >= 4 is 17.7 Å². The number of carbonyl (C=O) groups is 3. The van der Waals surface area contributed by atoms with Crippen LogP contribution in [0.25, 0.3) is 0 Å². The zero-order valence-corrected chi connectivity index (χ0v) is 19.0. The topological polar surface area (TPSA) is 69.7 Å². The van der Waals surface area contributed by atoms with Crippen molar-refractivity contribution in [3.63, 3.8) is 0 Å². The highest BCUT2D eigenvalue weighted by atomic mass is 16.2. The second-order valence-corrected chi connectivity index (χ2v) is 10.6. The van der Waals surface area contributed by atoms with E-state index in [0.717, 1.165) is 57.2 Å². The number of amides is 3. The Morgan fingerprint density at radius 1 is 1.03 bits per heavy atom. The average Bonchev–Trinajstić information content (AvgIpc) is 2.98. The number of Topliss-reactive ketones (excluding diaryl/α,β-unsaturated/α-hetero) is 1. The molecule has 0 aromatic heterocycles. The quantitative estimate of drug-likeness (QED) is 0.583. The van der Waals surface area contributed by atoms with E-state index in [1.54, 1.807) is 0 Å². The predicted molar refractivity (Wildman–Crippen MR) is 119 cm³/mol. The van der Waals surface area contributed by atoms with Crippen LogP contribution in [0.1, 0.15) is 69.7 Å². The molecule has 6 heteroatoms. The Bertz CT molecular complexity index is 829. The number of rotatable bonds is 4. The van der Waals surface area contributed by atoms with Crippen molar-refractivity contribution in [2.75, 3.05) is 19.8 Å². The molecule has 31 heavy (non-hydrogen) atoms. The van der Waals surface area contributed by atoms with Crippen molar-refractivity contribution in [2.45, 2.75) is 64.8 Å². The minimum Gasteiger partial charge on any atom is -0.323 e. The molecular weight excluding hydrogens is 390 g/mol. The van der Waals surface area contributed by atoms with Crippen LogP contribution in [0.4, 0.5) is 4.79 Å². The molecule has 0 atom stereocenters. The van der Waals surface area contributed by atoms with Crippen molar-refractivity contribution in [2.24, 2.45) is 17.3 Å². The van der Waals surface area contributed by atoms with Gasteiger partial charge in [-0.05, 0) is 49.9 Å². The number of urea groups is 1. The summed E-state index contributed by atoms with van der Waals surface area (Å²) in [7, 11) is 0. The fourth-order valence-corrected chi connectivity index (χ4v) is 5.49. The highest BCUT2D eigenvalue weighted by molar-refractivity contribution is 6.07. The van der Waals surface area contributed by atoms with Crippen molar-refractivity contribution in [1.82, 2.24) is 15.1 Å². The van der Waals surface area contributed by atoms with Crippen molar-refractivity contribution in [1.29, 1.82) is 0 Å². The summed E-state index contributed by atoms with van der Waals surface area (Å²) in [6.45, 7) is 8.52. The SMILES string of the molecule is CC(C)(C)C1CCC2(CC1)NC(=O)N(CN1CCC(C(=O)c3ccccc3)CC1)C2=O. The van der Waals surface area contributed by atoms with Crippen molar-refractivity contribution < 1.29 is 14.4 Å². The van der Waals surface area contributed by atoms with Gasteiger partial charge < -0.3 is 5.32 Å². The van der Waals surface area contributed by atoms with Crippen LogP contribution in [0.3, 0.4) is 0 Å². The molecule has 4 rings (SSSR count). The normalized spacial score (nSPS) is 28.2.